The molecule has 1 aromatic carbocycles. The van der Waals surface area contributed by atoms with Gasteiger partial charge in [0.05, 0.1) is 5.69 Å². The van der Waals surface area contributed by atoms with Crippen LogP contribution in [0.2, 0.25) is 0 Å². The van der Waals surface area contributed by atoms with Gasteiger partial charge in [-0.15, -0.1) is 0 Å². The summed E-state index contributed by atoms with van der Waals surface area (Å²) in [5, 5.41) is 13.8. The molecule has 2 rings (SSSR count). The van der Waals surface area contributed by atoms with E-state index in [9.17, 15) is 9.50 Å². The van der Waals surface area contributed by atoms with Gasteiger partial charge in [-0.1, -0.05) is 5.16 Å². The molecule has 0 spiro atoms. The molecule has 0 aliphatic heterocycles. The molecule has 0 fully saturated rings. The zero-order valence-electron chi connectivity index (χ0n) is 12.1. The van der Waals surface area contributed by atoms with Gasteiger partial charge < -0.3 is 14.4 Å². The maximum absolute atomic E-state index is 12.7. The van der Waals surface area contributed by atoms with Crippen LogP contribution in [0.4, 0.5) is 4.39 Å². The fourth-order valence-corrected chi connectivity index (χ4v) is 1.97. The Morgan fingerprint density at radius 3 is 2.71 bits per heavy atom. The summed E-state index contributed by atoms with van der Waals surface area (Å²) in [4.78, 5) is 1.93. The fourth-order valence-electron chi connectivity index (χ4n) is 1.97. The third kappa shape index (κ3) is 5.17. The first-order valence-electron chi connectivity index (χ1n) is 6.70. The summed E-state index contributed by atoms with van der Waals surface area (Å²) >= 11 is 0. The van der Waals surface area contributed by atoms with E-state index in [4.69, 9.17) is 9.26 Å². The van der Waals surface area contributed by atoms with Gasteiger partial charge in [0.25, 0.3) is 0 Å². The van der Waals surface area contributed by atoms with Crippen LogP contribution < -0.4 is 4.74 Å². The molecule has 0 saturated heterocycles. The molecular formula is C15H19FN2O3. The molecule has 114 valence electrons. The molecule has 6 heteroatoms. The fraction of sp³-hybridized carbons (Fsp3) is 0.400. The first-order chi connectivity index (χ1) is 10.0. The number of aliphatic hydroxyl groups excluding tert-OH is 1. The highest BCUT2D eigenvalue weighted by Crippen LogP contribution is 2.11. The molecule has 1 aromatic heterocycles. The normalized spacial score (nSPS) is 12.6. The van der Waals surface area contributed by atoms with E-state index >= 15 is 0 Å². The lowest BCUT2D eigenvalue weighted by Crippen LogP contribution is -2.32. The van der Waals surface area contributed by atoms with Gasteiger partial charge in [-0.25, -0.2) is 4.39 Å². The van der Waals surface area contributed by atoms with E-state index in [2.05, 4.69) is 5.16 Å². The van der Waals surface area contributed by atoms with E-state index in [0.29, 0.717) is 18.8 Å². The molecule has 1 heterocycles. The van der Waals surface area contributed by atoms with Crippen molar-refractivity contribution < 1.29 is 18.8 Å². The maximum Gasteiger partial charge on any atom is 0.133 e. The molecular weight excluding hydrogens is 275 g/mol. The number of nitrogens with zero attached hydrogens (tertiary/aromatic N) is 2. The van der Waals surface area contributed by atoms with Crippen molar-refractivity contribution in [2.24, 2.45) is 0 Å². The van der Waals surface area contributed by atoms with E-state index in [0.717, 1.165) is 11.5 Å². The minimum atomic E-state index is -0.645. The maximum atomic E-state index is 12.7. The van der Waals surface area contributed by atoms with Gasteiger partial charge in [0, 0.05) is 19.2 Å². The number of hydrogen-bond donors (Lipinski definition) is 1. The van der Waals surface area contributed by atoms with E-state index in [1.54, 1.807) is 0 Å². The number of halogens is 1. The Balaban J connectivity index is 1.73. The lowest BCUT2D eigenvalue weighted by Gasteiger charge is -2.19. The lowest BCUT2D eigenvalue weighted by atomic mass is 10.3. The van der Waals surface area contributed by atoms with Crippen molar-refractivity contribution in [2.75, 3.05) is 20.2 Å². The molecule has 0 amide bonds. The van der Waals surface area contributed by atoms with Gasteiger partial charge in [-0.3, -0.25) is 4.90 Å². The van der Waals surface area contributed by atoms with Crippen LogP contribution in [-0.4, -0.2) is 41.5 Å². The topological polar surface area (TPSA) is 58.7 Å². The average molecular weight is 294 g/mol. The number of benzene rings is 1. The minimum Gasteiger partial charge on any atom is -0.491 e. The second kappa shape index (κ2) is 7.19. The van der Waals surface area contributed by atoms with Crippen LogP contribution in [0.25, 0.3) is 0 Å². The Morgan fingerprint density at radius 1 is 1.38 bits per heavy atom. The van der Waals surface area contributed by atoms with Crippen LogP contribution in [-0.2, 0) is 6.54 Å². The van der Waals surface area contributed by atoms with Crippen molar-refractivity contribution in [3.8, 4) is 5.75 Å². The van der Waals surface area contributed by atoms with Gasteiger partial charge in [0.2, 0.25) is 0 Å². The second-order valence-corrected chi connectivity index (χ2v) is 5.04. The van der Waals surface area contributed by atoms with E-state index in [1.807, 2.05) is 24.9 Å². The molecule has 0 aliphatic rings. The summed E-state index contributed by atoms with van der Waals surface area (Å²) < 4.78 is 23.1. The smallest absolute Gasteiger partial charge is 0.133 e. The molecule has 2 aromatic rings. The van der Waals surface area contributed by atoms with Crippen LogP contribution in [0.1, 0.15) is 11.5 Å². The molecule has 21 heavy (non-hydrogen) atoms. The highest BCUT2D eigenvalue weighted by atomic mass is 19.1. The van der Waals surface area contributed by atoms with Crippen LogP contribution >= 0.6 is 0 Å². The Hall–Kier alpha value is -1.92. The highest BCUT2D eigenvalue weighted by Gasteiger charge is 2.11. The molecule has 0 aliphatic carbocycles. The van der Waals surface area contributed by atoms with Crippen molar-refractivity contribution in [1.82, 2.24) is 10.1 Å². The summed E-state index contributed by atoms with van der Waals surface area (Å²) in [6.07, 6.45) is -0.645. The zero-order valence-corrected chi connectivity index (χ0v) is 12.1. The molecule has 0 bridgehead atoms. The van der Waals surface area contributed by atoms with Crippen LogP contribution in [0.15, 0.2) is 34.9 Å². The predicted octanol–water partition coefficient (Wildman–Crippen LogP) is 1.99. The average Bonchev–Trinajstić information content (AvgIpc) is 2.83. The molecule has 0 radical (unpaired) electrons. The minimum absolute atomic E-state index is 0.147. The first kappa shape index (κ1) is 15.5. The SMILES string of the molecule is Cc1cc(CN(C)C[C@H](O)COc2ccc(F)cc2)no1. The third-order valence-corrected chi connectivity index (χ3v) is 2.89. The number of rotatable bonds is 7. The van der Waals surface area contributed by atoms with Crippen molar-refractivity contribution in [2.45, 2.75) is 19.6 Å². The number of aliphatic hydroxyl groups is 1. The largest absolute Gasteiger partial charge is 0.491 e. The predicted molar refractivity (Wildman–Crippen MR) is 75.5 cm³/mol. The third-order valence-electron chi connectivity index (χ3n) is 2.89. The van der Waals surface area contributed by atoms with E-state index in [-0.39, 0.29) is 12.4 Å². The van der Waals surface area contributed by atoms with Crippen LogP contribution in [0.3, 0.4) is 0 Å². The first-order valence-corrected chi connectivity index (χ1v) is 6.70. The monoisotopic (exact) mass is 294 g/mol. The van der Waals surface area contributed by atoms with Crippen LogP contribution in [0, 0.1) is 12.7 Å². The van der Waals surface area contributed by atoms with Crippen molar-refractivity contribution >= 4 is 0 Å². The second-order valence-electron chi connectivity index (χ2n) is 5.04. The Labute approximate surface area is 122 Å². The molecule has 0 saturated carbocycles. The Morgan fingerprint density at radius 2 is 2.10 bits per heavy atom. The summed E-state index contributed by atoms with van der Waals surface area (Å²) in [5.41, 5.74) is 0.821. The van der Waals surface area contributed by atoms with Crippen molar-refractivity contribution in [1.29, 1.82) is 0 Å². The van der Waals surface area contributed by atoms with Crippen molar-refractivity contribution in [3.63, 3.8) is 0 Å². The Kier molecular flexibility index (Phi) is 5.30. The quantitative estimate of drug-likeness (QED) is 0.846. The van der Waals surface area contributed by atoms with Crippen molar-refractivity contribution in [3.05, 3.63) is 47.6 Å². The van der Waals surface area contributed by atoms with Gasteiger partial charge >= 0.3 is 0 Å². The number of aromatic nitrogens is 1. The summed E-state index contributed by atoms with van der Waals surface area (Å²) in [6.45, 7) is 3.01. The molecule has 1 N–H and O–H groups in total. The number of ether oxygens (including phenoxy) is 1. The molecule has 5 nitrogen and oxygen atoms in total. The van der Waals surface area contributed by atoms with Gasteiger partial charge in [0.1, 0.15) is 30.0 Å². The molecule has 1 atom stereocenters. The Bertz CT molecular complexity index is 556. The van der Waals surface area contributed by atoms with Gasteiger partial charge in [-0.05, 0) is 38.2 Å². The number of likely N-dealkylation sites (N-methyl/N-ethyl adjacent to an activating group) is 1. The lowest BCUT2D eigenvalue weighted by molar-refractivity contribution is 0.0737. The van der Waals surface area contributed by atoms with Gasteiger partial charge in [0.15, 0.2) is 0 Å². The van der Waals surface area contributed by atoms with Crippen LogP contribution in [0.5, 0.6) is 5.75 Å². The summed E-state index contributed by atoms with van der Waals surface area (Å²) in [7, 11) is 1.88. The molecule has 0 unspecified atom stereocenters. The standard InChI is InChI=1S/C15H19FN2O3/c1-11-7-13(17-21-11)8-18(2)9-14(19)10-20-15-5-3-12(16)4-6-15/h3-7,14,19H,8-10H2,1-2H3/t14-/m0/s1. The summed E-state index contributed by atoms with van der Waals surface area (Å²) in [6, 6.07) is 7.56. The summed E-state index contributed by atoms with van der Waals surface area (Å²) in [5.74, 6) is 0.981. The zero-order chi connectivity index (χ0) is 15.2. The van der Waals surface area contributed by atoms with E-state index < -0.39 is 6.10 Å². The van der Waals surface area contributed by atoms with Gasteiger partial charge in [-0.2, -0.15) is 0 Å². The number of aryl methyl sites for hydroxylation is 1. The number of hydrogen-bond acceptors (Lipinski definition) is 5. The highest BCUT2D eigenvalue weighted by molar-refractivity contribution is 5.22. The van der Waals surface area contributed by atoms with E-state index in [1.165, 1.54) is 24.3 Å².